The highest BCUT2D eigenvalue weighted by Crippen LogP contribution is 2.17. The molecule has 0 atom stereocenters. The third-order valence-electron chi connectivity index (χ3n) is 4.05. The Hall–Kier alpha value is -3.48. The number of likely N-dealkylation sites (N-methyl/N-ethyl adjacent to an activating group) is 1. The van der Waals surface area contributed by atoms with E-state index in [0.29, 0.717) is 23.1 Å². The molecule has 0 saturated carbocycles. The summed E-state index contributed by atoms with van der Waals surface area (Å²) in [4.78, 5) is 40.6. The third kappa shape index (κ3) is 4.03. The molecule has 0 fully saturated rings. The average molecular weight is 368 g/mol. The van der Waals surface area contributed by atoms with Crippen molar-refractivity contribution in [3.8, 4) is 0 Å². The Morgan fingerprint density at radius 3 is 2.52 bits per heavy atom. The van der Waals surface area contributed by atoms with Crippen LogP contribution in [0.15, 0.2) is 59.4 Å². The van der Waals surface area contributed by atoms with Gasteiger partial charge in [-0.1, -0.05) is 18.2 Å². The van der Waals surface area contributed by atoms with Crippen molar-refractivity contribution in [2.45, 2.75) is 6.92 Å². The van der Waals surface area contributed by atoms with Gasteiger partial charge in [-0.2, -0.15) is 0 Å². The van der Waals surface area contributed by atoms with Crippen molar-refractivity contribution in [1.29, 1.82) is 0 Å². The van der Waals surface area contributed by atoms with Crippen LogP contribution in [0.1, 0.15) is 17.3 Å². The number of carbonyl (C=O) groups is 2. The Labute approximate surface area is 154 Å². The van der Waals surface area contributed by atoms with Crippen molar-refractivity contribution < 1.29 is 18.7 Å². The minimum atomic E-state index is -0.763. The first-order chi connectivity index (χ1) is 13.0. The van der Waals surface area contributed by atoms with E-state index < -0.39 is 29.9 Å². The van der Waals surface area contributed by atoms with E-state index in [0.717, 1.165) is 6.07 Å². The number of halogens is 1. The molecule has 1 heterocycles. The SMILES string of the molecule is CCN(C(=O)COC(=O)c1cc(=O)[nH]c2ccccc12)c1ccc(F)cc1. The number of benzene rings is 2. The number of hydrogen-bond donors (Lipinski definition) is 1. The summed E-state index contributed by atoms with van der Waals surface area (Å²) in [6.45, 7) is 1.59. The summed E-state index contributed by atoms with van der Waals surface area (Å²) in [6, 6.07) is 13.4. The van der Waals surface area contributed by atoms with Gasteiger partial charge in [-0.25, -0.2) is 9.18 Å². The predicted molar refractivity (Wildman–Crippen MR) is 99.3 cm³/mol. The van der Waals surface area contributed by atoms with Gasteiger partial charge >= 0.3 is 5.97 Å². The van der Waals surface area contributed by atoms with Crippen LogP contribution in [-0.2, 0) is 9.53 Å². The van der Waals surface area contributed by atoms with E-state index in [4.69, 9.17) is 4.74 Å². The van der Waals surface area contributed by atoms with E-state index in [1.165, 1.54) is 29.2 Å². The van der Waals surface area contributed by atoms with Crippen molar-refractivity contribution in [1.82, 2.24) is 4.98 Å². The quantitative estimate of drug-likeness (QED) is 0.703. The normalized spacial score (nSPS) is 10.6. The number of fused-ring (bicyclic) bond motifs is 1. The van der Waals surface area contributed by atoms with Gasteiger partial charge in [0.1, 0.15) is 5.82 Å². The van der Waals surface area contributed by atoms with Gasteiger partial charge in [-0.3, -0.25) is 9.59 Å². The summed E-state index contributed by atoms with van der Waals surface area (Å²) < 4.78 is 18.2. The third-order valence-corrected chi connectivity index (χ3v) is 4.05. The molecule has 3 aromatic rings. The van der Waals surface area contributed by atoms with Crippen molar-refractivity contribution in [3.05, 3.63) is 76.3 Å². The van der Waals surface area contributed by atoms with E-state index in [2.05, 4.69) is 4.98 Å². The Bertz CT molecular complexity index is 1040. The first kappa shape index (κ1) is 18.3. The minimum Gasteiger partial charge on any atom is -0.452 e. The van der Waals surface area contributed by atoms with Crippen LogP contribution in [0, 0.1) is 5.82 Å². The molecule has 2 aromatic carbocycles. The van der Waals surface area contributed by atoms with Crippen molar-refractivity contribution in [2.75, 3.05) is 18.1 Å². The maximum absolute atomic E-state index is 13.1. The van der Waals surface area contributed by atoms with Crippen LogP contribution in [0.2, 0.25) is 0 Å². The predicted octanol–water partition coefficient (Wildman–Crippen LogP) is 2.88. The maximum atomic E-state index is 13.1. The number of nitrogens with zero attached hydrogens (tertiary/aromatic N) is 1. The van der Waals surface area contributed by atoms with E-state index in [-0.39, 0.29) is 5.56 Å². The van der Waals surface area contributed by atoms with Crippen LogP contribution in [0.5, 0.6) is 0 Å². The number of pyridine rings is 1. The number of amides is 1. The molecule has 0 aliphatic heterocycles. The zero-order chi connectivity index (χ0) is 19.4. The fourth-order valence-corrected chi connectivity index (χ4v) is 2.78. The maximum Gasteiger partial charge on any atom is 0.339 e. The molecule has 1 amide bonds. The fourth-order valence-electron chi connectivity index (χ4n) is 2.78. The van der Waals surface area contributed by atoms with Crippen LogP contribution in [0.4, 0.5) is 10.1 Å². The van der Waals surface area contributed by atoms with Crippen LogP contribution in [0.25, 0.3) is 10.9 Å². The number of aromatic amines is 1. The van der Waals surface area contributed by atoms with E-state index in [1.807, 2.05) is 0 Å². The number of anilines is 1. The Balaban J connectivity index is 1.76. The number of carbonyl (C=O) groups excluding carboxylic acids is 2. The summed E-state index contributed by atoms with van der Waals surface area (Å²) in [6.07, 6.45) is 0. The highest BCUT2D eigenvalue weighted by Gasteiger charge is 2.18. The zero-order valence-electron chi connectivity index (χ0n) is 14.6. The monoisotopic (exact) mass is 368 g/mol. The highest BCUT2D eigenvalue weighted by atomic mass is 19.1. The molecule has 0 radical (unpaired) electrons. The fraction of sp³-hybridized carbons (Fsp3) is 0.150. The van der Waals surface area contributed by atoms with Gasteiger partial charge in [0.2, 0.25) is 5.56 Å². The van der Waals surface area contributed by atoms with Gasteiger partial charge in [0, 0.05) is 29.2 Å². The molecule has 3 rings (SSSR count). The number of rotatable bonds is 5. The summed E-state index contributed by atoms with van der Waals surface area (Å²) >= 11 is 0. The Kier molecular flexibility index (Phi) is 5.30. The molecule has 27 heavy (non-hydrogen) atoms. The lowest BCUT2D eigenvalue weighted by Gasteiger charge is -2.21. The second kappa shape index (κ2) is 7.82. The van der Waals surface area contributed by atoms with Gasteiger partial charge in [0.15, 0.2) is 6.61 Å². The number of hydrogen-bond acceptors (Lipinski definition) is 4. The topological polar surface area (TPSA) is 79.5 Å². The molecule has 1 N–H and O–H groups in total. The van der Waals surface area contributed by atoms with Crippen molar-refractivity contribution >= 4 is 28.5 Å². The van der Waals surface area contributed by atoms with Gasteiger partial charge < -0.3 is 14.6 Å². The summed E-state index contributed by atoms with van der Waals surface area (Å²) in [5, 5.41) is 0.528. The lowest BCUT2D eigenvalue weighted by Crippen LogP contribution is -2.34. The van der Waals surface area contributed by atoms with E-state index in [1.54, 1.807) is 31.2 Å². The largest absolute Gasteiger partial charge is 0.452 e. The summed E-state index contributed by atoms with van der Waals surface area (Å²) in [5.74, 6) is -1.62. The van der Waals surface area contributed by atoms with Crippen LogP contribution < -0.4 is 10.5 Å². The molecular formula is C20H17FN2O4. The molecule has 0 unspecified atom stereocenters. The van der Waals surface area contributed by atoms with Gasteiger partial charge in [-0.15, -0.1) is 0 Å². The van der Waals surface area contributed by atoms with Crippen molar-refractivity contribution in [3.63, 3.8) is 0 Å². The number of nitrogens with one attached hydrogen (secondary N) is 1. The smallest absolute Gasteiger partial charge is 0.339 e. The second-order valence-corrected chi connectivity index (χ2v) is 5.78. The zero-order valence-corrected chi connectivity index (χ0v) is 14.6. The van der Waals surface area contributed by atoms with Crippen molar-refractivity contribution in [2.24, 2.45) is 0 Å². The molecule has 0 aliphatic carbocycles. The lowest BCUT2D eigenvalue weighted by molar-refractivity contribution is -0.121. The number of esters is 1. The Morgan fingerprint density at radius 1 is 1.11 bits per heavy atom. The first-order valence-corrected chi connectivity index (χ1v) is 8.34. The molecule has 1 aromatic heterocycles. The second-order valence-electron chi connectivity index (χ2n) is 5.78. The van der Waals surface area contributed by atoms with Crippen LogP contribution in [-0.4, -0.2) is 30.0 Å². The molecule has 0 saturated heterocycles. The molecular weight excluding hydrogens is 351 g/mol. The van der Waals surface area contributed by atoms with E-state index >= 15 is 0 Å². The number of aromatic nitrogens is 1. The van der Waals surface area contributed by atoms with Gasteiger partial charge in [-0.05, 0) is 37.3 Å². The molecule has 0 aliphatic rings. The Morgan fingerprint density at radius 2 is 1.81 bits per heavy atom. The van der Waals surface area contributed by atoms with E-state index in [9.17, 15) is 18.8 Å². The van der Waals surface area contributed by atoms with Gasteiger partial charge in [0.05, 0.1) is 5.56 Å². The molecule has 0 spiro atoms. The molecule has 7 heteroatoms. The number of H-pyrrole nitrogens is 1. The summed E-state index contributed by atoms with van der Waals surface area (Å²) in [7, 11) is 0. The first-order valence-electron chi connectivity index (χ1n) is 8.34. The highest BCUT2D eigenvalue weighted by molar-refractivity contribution is 6.04. The molecule has 6 nitrogen and oxygen atoms in total. The van der Waals surface area contributed by atoms with Crippen LogP contribution >= 0.6 is 0 Å². The minimum absolute atomic E-state index is 0.0898. The molecule has 138 valence electrons. The van der Waals surface area contributed by atoms with Crippen LogP contribution in [0.3, 0.4) is 0 Å². The number of para-hydroxylation sites is 1. The van der Waals surface area contributed by atoms with Gasteiger partial charge in [0.25, 0.3) is 5.91 Å². The molecule has 0 bridgehead atoms. The lowest BCUT2D eigenvalue weighted by atomic mass is 10.1. The number of ether oxygens (including phenoxy) is 1. The summed E-state index contributed by atoms with van der Waals surface area (Å²) in [5.41, 5.74) is 0.659. The standard InChI is InChI=1S/C20H17FN2O4/c1-2-23(14-9-7-13(21)8-10-14)19(25)12-27-20(26)16-11-18(24)22-17-6-4-3-5-15(16)17/h3-11H,2,12H2,1H3,(H,22,24). The average Bonchev–Trinajstić information content (AvgIpc) is 2.67.